The summed E-state index contributed by atoms with van der Waals surface area (Å²) in [6, 6.07) is 6.24. The highest BCUT2D eigenvalue weighted by Crippen LogP contribution is 2.23. The van der Waals surface area contributed by atoms with Crippen LogP contribution in [-0.4, -0.2) is 53.2 Å². The van der Waals surface area contributed by atoms with Crippen LogP contribution in [0.5, 0.6) is 0 Å². The number of benzene rings is 1. The molecule has 1 aromatic carbocycles. The largest absolute Gasteiger partial charge is 0.390 e. The van der Waals surface area contributed by atoms with Gasteiger partial charge < -0.3 is 14.5 Å². The quantitative estimate of drug-likeness (QED) is 0.370. The van der Waals surface area contributed by atoms with Crippen molar-refractivity contribution in [3.05, 3.63) is 74.9 Å². The Labute approximate surface area is 227 Å². The minimum atomic E-state index is -3.95. The predicted octanol–water partition coefficient (Wildman–Crippen LogP) is 3.13. The Bertz CT molecular complexity index is 1500. The molecule has 0 fully saturated rings. The summed E-state index contributed by atoms with van der Waals surface area (Å²) >= 11 is 1.34. The van der Waals surface area contributed by atoms with Crippen molar-refractivity contribution in [3.8, 4) is 0 Å². The van der Waals surface area contributed by atoms with Gasteiger partial charge in [-0.3, -0.25) is 9.52 Å². The Morgan fingerprint density at radius 1 is 1.29 bits per heavy atom. The predicted molar refractivity (Wildman–Crippen MR) is 151 cm³/mol. The van der Waals surface area contributed by atoms with Gasteiger partial charge in [0.2, 0.25) is 0 Å². The van der Waals surface area contributed by atoms with Crippen LogP contribution in [0.1, 0.15) is 54.6 Å². The van der Waals surface area contributed by atoms with E-state index in [4.69, 9.17) is 4.52 Å². The second-order valence-electron chi connectivity index (χ2n) is 9.22. The van der Waals surface area contributed by atoms with Crippen LogP contribution in [0.3, 0.4) is 0 Å². The van der Waals surface area contributed by atoms with Crippen LogP contribution in [0.4, 0.5) is 5.69 Å². The lowest BCUT2D eigenvalue weighted by molar-refractivity contribution is 0.0374. The highest BCUT2D eigenvalue weighted by Gasteiger charge is 2.27. The summed E-state index contributed by atoms with van der Waals surface area (Å²) in [5.41, 5.74) is 2.87. The molecule has 0 aliphatic rings. The number of thiazole rings is 1. The minimum absolute atomic E-state index is 0.0206. The molecule has 2 heterocycles. The Hall–Kier alpha value is -3.28. The molecule has 0 saturated carbocycles. The fourth-order valence-electron chi connectivity index (χ4n) is 4.05. The van der Waals surface area contributed by atoms with Gasteiger partial charge >= 0.3 is 0 Å². The van der Waals surface area contributed by atoms with Gasteiger partial charge in [-0.15, -0.1) is 11.3 Å². The number of aromatic nitrogens is 2. The van der Waals surface area contributed by atoms with E-state index in [0.717, 1.165) is 15.8 Å². The van der Waals surface area contributed by atoms with Crippen LogP contribution < -0.4 is 14.6 Å². The van der Waals surface area contributed by atoms with Gasteiger partial charge in [0, 0.05) is 36.3 Å². The smallest absolute Gasteiger partial charge is 0.264 e. The van der Waals surface area contributed by atoms with Crippen molar-refractivity contribution in [2.24, 2.45) is 0 Å². The minimum Gasteiger partial charge on any atom is -0.390 e. The maximum absolute atomic E-state index is 13.1. The second kappa shape index (κ2) is 12.1. The van der Waals surface area contributed by atoms with Gasteiger partial charge in [-0.1, -0.05) is 17.8 Å². The molecular weight excluding hydrogens is 524 g/mol. The van der Waals surface area contributed by atoms with Gasteiger partial charge in [-0.2, -0.15) is 0 Å². The van der Waals surface area contributed by atoms with Gasteiger partial charge in [-0.05, 0) is 71.4 Å². The highest BCUT2D eigenvalue weighted by atomic mass is 32.2. The molecule has 9 nitrogen and oxygen atoms in total. The Balaban J connectivity index is 1.71. The van der Waals surface area contributed by atoms with Crippen LogP contribution in [0.15, 0.2) is 47.0 Å². The first-order valence-corrected chi connectivity index (χ1v) is 14.6. The molecule has 0 spiro atoms. The number of aryl methyl sites for hydroxylation is 2. The molecule has 2 aromatic heterocycles. The summed E-state index contributed by atoms with van der Waals surface area (Å²) < 4.78 is 34.5. The standard InChI is InChI=1S/C27H34N4O5S2/c1-7-23-25(28-17-37-23)24(8-2)38(34,35)30-21-12-10-20(11-13-21)26(32)31(9-3)15-14-27(6,33)16-22-18(4)29-36-19(22)5/h7-8,10-13,17,30,33H,2,9,14-16H2,1,3-6H3. The van der Waals surface area contributed by atoms with Crippen molar-refractivity contribution in [1.82, 2.24) is 15.0 Å². The lowest BCUT2D eigenvalue weighted by atomic mass is 9.92. The molecule has 3 aromatic rings. The van der Waals surface area contributed by atoms with E-state index in [0.29, 0.717) is 48.3 Å². The number of rotatable bonds is 11. The maximum atomic E-state index is 13.1. The number of nitrogens with zero attached hydrogens (tertiary/aromatic N) is 3. The van der Waals surface area contributed by atoms with Gasteiger partial charge in [0.1, 0.15) is 16.0 Å². The molecule has 1 unspecified atom stereocenters. The zero-order valence-electron chi connectivity index (χ0n) is 22.3. The topological polar surface area (TPSA) is 126 Å². The monoisotopic (exact) mass is 558 g/mol. The number of sulfonamides is 1. The van der Waals surface area contributed by atoms with E-state index in [2.05, 4.69) is 21.4 Å². The third-order valence-corrected chi connectivity index (χ3v) is 8.61. The molecule has 0 bridgehead atoms. The molecule has 0 aliphatic carbocycles. The molecule has 0 saturated heterocycles. The Morgan fingerprint density at radius 3 is 2.53 bits per heavy atom. The number of nitrogens with one attached hydrogen (secondary N) is 1. The van der Waals surface area contributed by atoms with Crippen LogP contribution in [0, 0.1) is 13.8 Å². The van der Waals surface area contributed by atoms with E-state index in [9.17, 15) is 18.3 Å². The third-order valence-electron chi connectivity index (χ3n) is 6.28. The number of anilines is 1. The molecule has 1 amide bonds. The zero-order chi connectivity index (χ0) is 28.1. The Kier molecular flexibility index (Phi) is 9.29. The summed E-state index contributed by atoms with van der Waals surface area (Å²) in [5.74, 6) is 0.467. The van der Waals surface area contributed by atoms with Crippen LogP contribution >= 0.6 is 11.3 Å². The molecule has 0 aliphatic heterocycles. The average molecular weight is 559 g/mol. The van der Waals surface area contributed by atoms with E-state index >= 15 is 0 Å². The molecule has 3 rings (SSSR count). The first kappa shape index (κ1) is 29.3. The summed E-state index contributed by atoms with van der Waals surface area (Å²) in [6.07, 6.45) is 3.80. The summed E-state index contributed by atoms with van der Waals surface area (Å²) in [6.45, 7) is 13.5. The molecular formula is C27H34N4O5S2. The van der Waals surface area contributed by atoms with Gasteiger partial charge in [-0.25, -0.2) is 13.4 Å². The first-order valence-electron chi connectivity index (χ1n) is 12.2. The van der Waals surface area contributed by atoms with Crippen molar-refractivity contribution in [3.63, 3.8) is 0 Å². The van der Waals surface area contributed by atoms with Crippen molar-refractivity contribution in [2.45, 2.75) is 53.1 Å². The van der Waals surface area contributed by atoms with E-state index in [1.807, 2.05) is 27.7 Å². The summed E-state index contributed by atoms with van der Waals surface area (Å²) in [7, 11) is -3.95. The number of carbonyl (C=O) groups excluding carboxylic acids is 1. The average Bonchev–Trinajstić information content (AvgIpc) is 3.46. The fraction of sp³-hybridized carbons (Fsp3) is 0.370. The molecule has 1 atom stereocenters. The summed E-state index contributed by atoms with van der Waals surface area (Å²) in [5, 5.41) is 15.2. The molecule has 0 radical (unpaired) electrons. The maximum Gasteiger partial charge on any atom is 0.264 e. The normalized spacial score (nSPS) is 14.6. The van der Waals surface area contributed by atoms with Crippen LogP contribution in [0.2, 0.25) is 0 Å². The van der Waals surface area contributed by atoms with E-state index in [1.165, 1.54) is 17.4 Å². The van der Waals surface area contributed by atoms with E-state index in [1.54, 1.807) is 47.7 Å². The highest BCUT2D eigenvalue weighted by molar-refractivity contribution is 8.01. The Morgan fingerprint density at radius 2 is 1.97 bits per heavy atom. The van der Waals surface area contributed by atoms with Gasteiger partial charge in [0.25, 0.3) is 15.9 Å². The number of hydrogen-bond donors (Lipinski definition) is 2. The molecule has 38 heavy (non-hydrogen) atoms. The first-order chi connectivity index (χ1) is 17.9. The lowest BCUT2D eigenvalue weighted by Crippen LogP contribution is -2.38. The summed E-state index contributed by atoms with van der Waals surface area (Å²) in [4.78, 5) is 19.0. The lowest BCUT2D eigenvalue weighted by Gasteiger charge is -2.28. The van der Waals surface area contributed by atoms with E-state index < -0.39 is 15.6 Å². The zero-order valence-corrected chi connectivity index (χ0v) is 23.9. The van der Waals surface area contributed by atoms with E-state index in [-0.39, 0.29) is 10.8 Å². The van der Waals surface area contributed by atoms with Crippen molar-refractivity contribution in [1.29, 1.82) is 0 Å². The number of carbonyl (C=O) groups is 1. The van der Waals surface area contributed by atoms with Crippen LogP contribution in [0.25, 0.3) is 11.0 Å². The van der Waals surface area contributed by atoms with Crippen LogP contribution in [-0.2, 0) is 16.4 Å². The fourth-order valence-corrected chi connectivity index (χ4v) is 5.99. The van der Waals surface area contributed by atoms with Crippen molar-refractivity contribution < 1.29 is 22.8 Å². The van der Waals surface area contributed by atoms with Crippen molar-refractivity contribution in [2.75, 3.05) is 17.8 Å². The number of aliphatic hydroxyl groups is 1. The number of hydrogen-bond acceptors (Lipinski definition) is 8. The third kappa shape index (κ3) is 6.77. The SMILES string of the molecule is C=CC(=c1ncsc1=CC)S(=O)(=O)Nc1ccc(C(=O)N(CC)CCC(C)(O)Cc2c(C)noc2C)cc1. The van der Waals surface area contributed by atoms with Crippen molar-refractivity contribution >= 4 is 43.9 Å². The number of amides is 1. The van der Waals surface area contributed by atoms with Gasteiger partial charge in [0.15, 0.2) is 0 Å². The molecule has 204 valence electrons. The molecule has 2 N–H and O–H groups in total. The molecule has 11 heteroatoms. The second-order valence-corrected chi connectivity index (χ2v) is 11.8. The van der Waals surface area contributed by atoms with Gasteiger partial charge in [0.05, 0.1) is 21.3 Å².